The van der Waals surface area contributed by atoms with Crippen molar-refractivity contribution in [3.05, 3.63) is 59.4 Å². The zero-order chi connectivity index (χ0) is 17.8. The molecule has 2 aromatic rings. The van der Waals surface area contributed by atoms with Gasteiger partial charge >= 0.3 is 0 Å². The summed E-state index contributed by atoms with van der Waals surface area (Å²) in [7, 11) is 0. The van der Waals surface area contributed by atoms with E-state index in [1.165, 1.54) is 0 Å². The first-order valence-electron chi connectivity index (χ1n) is 9.09. The van der Waals surface area contributed by atoms with Crippen LogP contribution in [-0.2, 0) is 11.2 Å². The van der Waals surface area contributed by atoms with Gasteiger partial charge in [-0.3, -0.25) is 9.79 Å². The summed E-state index contributed by atoms with van der Waals surface area (Å²) in [5.74, 6) is 0.175. The summed E-state index contributed by atoms with van der Waals surface area (Å²) in [6.45, 7) is 4.13. The van der Waals surface area contributed by atoms with Crippen molar-refractivity contribution < 1.29 is 9.90 Å². The maximum atomic E-state index is 12.5. The van der Waals surface area contributed by atoms with Crippen LogP contribution in [0, 0.1) is 0 Å². The van der Waals surface area contributed by atoms with Gasteiger partial charge in [0.15, 0.2) is 5.78 Å². The largest absolute Gasteiger partial charge is 0.511 e. The summed E-state index contributed by atoms with van der Waals surface area (Å²) in [5.41, 5.74) is 2.27. The van der Waals surface area contributed by atoms with Gasteiger partial charge in [0.1, 0.15) is 5.76 Å². The Labute approximate surface area is 149 Å². The van der Waals surface area contributed by atoms with Gasteiger partial charge in [-0.2, -0.15) is 0 Å². The number of benzene rings is 2. The molecule has 0 radical (unpaired) electrons. The zero-order valence-electron chi connectivity index (χ0n) is 15.0. The molecular weight excluding hydrogens is 310 g/mol. The highest BCUT2D eigenvalue weighted by Crippen LogP contribution is 2.26. The number of hydrogen-bond donors (Lipinski definition) is 1. The number of rotatable bonds is 4. The van der Waals surface area contributed by atoms with E-state index in [0.29, 0.717) is 18.4 Å². The van der Waals surface area contributed by atoms with Crippen LogP contribution in [-0.4, -0.2) is 22.6 Å². The summed E-state index contributed by atoms with van der Waals surface area (Å²) in [5, 5.41) is 13.0. The van der Waals surface area contributed by atoms with E-state index in [1.54, 1.807) is 0 Å². The van der Waals surface area contributed by atoms with Crippen LogP contribution >= 0.6 is 0 Å². The van der Waals surface area contributed by atoms with Crippen LogP contribution in [0.4, 0.5) is 0 Å². The van der Waals surface area contributed by atoms with Crippen LogP contribution < -0.4 is 0 Å². The lowest BCUT2D eigenvalue weighted by atomic mass is 9.88. The average Bonchev–Trinajstić information content (AvgIpc) is 2.62. The molecule has 0 aromatic heterocycles. The monoisotopic (exact) mass is 335 g/mol. The summed E-state index contributed by atoms with van der Waals surface area (Å²) in [6.07, 6.45) is 3.37. The third-order valence-corrected chi connectivity index (χ3v) is 4.88. The quantitative estimate of drug-likeness (QED) is 0.617. The van der Waals surface area contributed by atoms with Crippen LogP contribution in [0.15, 0.2) is 58.8 Å². The Morgan fingerprint density at radius 3 is 2.72 bits per heavy atom. The van der Waals surface area contributed by atoms with Gasteiger partial charge in [0.05, 0.1) is 5.57 Å². The third-order valence-electron chi connectivity index (χ3n) is 4.88. The van der Waals surface area contributed by atoms with Crippen LogP contribution in [0.3, 0.4) is 0 Å². The smallest absolute Gasteiger partial charge is 0.168 e. The van der Waals surface area contributed by atoms with Crippen molar-refractivity contribution in [3.63, 3.8) is 0 Å². The molecule has 2 aromatic carbocycles. The predicted octanol–water partition coefficient (Wildman–Crippen LogP) is 5.19. The van der Waals surface area contributed by atoms with Gasteiger partial charge in [0, 0.05) is 24.6 Å². The van der Waals surface area contributed by atoms with Gasteiger partial charge in [-0.25, -0.2) is 0 Å². The fraction of sp³-hybridized carbons (Fsp3) is 0.364. The third kappa shape index (κ3) is 3.81. The molecule has 0 spiro atoms. The number of carbonyl (C=O) groups excluding carboxylic acids is 1. The van der Waals surface area contributed by atoms with Crippen molar-refractivity contribution in [1.82, 2.24) is 0 Å². The van der Waals surface area contributed by atoms with Gasteiger partial charge in [0.2, 0.25) is 0 Å². The number of aliphatic hydroxyl groups is 1. The number of allylic oxidation sites excluding steroid dienone is 2. The zero-order valence-corrected chi connectivity index (χ0v) is 15.0. The first kappa shape index (κ1) is 17.4. The van der Waals surface area contributed by atoms with E-state index in [4.69, 9.17) is 0 Å². The normalized spacial score (nSPS) is 20.1. The number of nitrogens with zero attached hydrogens (tertiary/aromatic N) is 1. The van der Waals surface area contributed by atoms with Crippen LogP contribution in [0.5, 0.6) is 0 Å². The van der Waals surface area contributed by atoms with Crippen LogP contribution in [0.2, 0.25) is 0 Å². The molecule has 0 saturated heterocycles. The number of aliphatic imine (C=N–C) groups is 1. The molecule has 3 rings (SSSR count). The predicted molar refractivity (Wildman–Crippen MR) is 103 cm³/mol. The first-order chi connectivity index (χ1) is 12.1. The Kier molecular flexibility index (Phi) is 5.32. The minimum Gasteiger partial charge on any atom is -0.511 e. The highest BCUT2D eigenvalue weighted by Gasteiger charge is 2.26. The SMILES string of the molecule is CCC(C)N=C1CCCC(=O)/C1=C(\O)Cc1cccc2ccccc12. The molecule has 0 heterocycles. The van der Waals surface area contributed by atoms with E-state index in [-0.39, 0.29) is 17.6 Å². The molecule has 1 aliphatic rings. The topological polar surface area (TPSA) is 49.7 Å². The molecule has 0 aliphatic heterocycles. The molecule has 0 bridgehead atoms. The van der Waals surface area contributed by atoms with Gasteiger partial charge in [-0.1, -0.05) is 49.4 Å². The lowest BCUT2D eigenvalue weighted by Gasteiger charge is -2.19. The lowest BCUT2D eigenvalue weighted by Crippen LogP contribution is -2.23. The maximum Gasteiger partial charge on any atom is 0.168 e. The molecule has 0 amide bonds. The summed E-state index contributed by atoms with van der Waals surface area (Å²) in [4.78, 5) is 17.2. The van der Waals surface area contributed by atoms with Gasteiger partial charge in [0.25, 0.3) is 0 Å². The summed E-state index contributed by atoms with van der Waals surface area (Å²) >= 11 is 0. The van der Waals surface area contributed by atoms with Crippen molar-refractivity contribution in [2.45, 2.75) is 52.0 Å². The first-order valence-corrected chi connectivity index (χ1v) is 9.09. The molecule has 1 aliphatic carbocycles. The molecule has 3 nitrogen and oxygen atoms in total. The number of hydrogen-bond acceptors (Lipinski definition) is 3. The molecule has 1 atom stereocenters. The van der Waals surface area contributed by atoms with Crippen molar-refractivity contribution >= 4 is 22.3 Å². The van der Waals surface area contributed by atoms with Crippen molar-refractivity contribution in [2.75, 3.05) is 0 Å². The number of aliphatic hydroxyl groups excluding tert-OH is 1. The summed E-state index contributed by atoms with van der Waals surface area (Å²) < 4.78 is 0. The van der Waals surface area contributed by atoms with Crippen LogP contribution in [0.25, 0.3) is 10.8 Å². The molecule has 1 saturated carbocycles. The summed E-state index contributed by atoms with van der Waals surface area (Å²) in [6, 6.07) is 14.4. The minimum absolute atomic E-state index is 0.0195. The number of ketones is 1. The number of carbonyl (C=O) groups is 1. The van der Waals surface area contributed by atoms with E-state index in [0.717, 1.165) is 41.3 Å². The average molecular weight is 335 g/mol. The number of Topliss-reactive ketones (excluding diaryl/α,β-unsaturated/α-hetero) is 1. The van der Waals surface area contributed by atoms with Gasteiger partial charge in [-0.15, -0.1) is 0 Å². The Bertz CT molecular complexity index is 843. The second-order valence-corrected chi connectivity index (χ2v) is 6.75. The fourth-order valence-electron chi connectivity index (χ4n) is 3.36. The van der Waals surface area contributed by atoms with Crippen molar-refractivity contribution in [2.24, 2.45) is 4.99 Å². The molecule has 1 unspecified atom stereocenters. The van der Waals surface area contributed by atoms with Crippen molar-refractivity contribution in [3.8, 4) is 0 Å². The van der Waals surface area contributed by atoms with Crippen LogP contribution in [0.1, 0.15) is 45.1 Å². The highest BCUT2D eigenvalue weighted by atomic mass is 16.3. The van der Waals surface area contributed by atoms with E-state index in [9.17, 15) is 9.90 Å². The van der Waals surface area contributed by atoms with E-state index >= 15 is 0 Å². The van der Waals surface area contributed by atoms with Gasteiger partial charge < -0.3 is 5.11 Å². The van der Waals surface area contributed by atoms with Crippen molar-refractivity contribution in [1.29, 1.82) is 0 Å². The Morgan fingerprint density at radius 2 is 1.92 bits per heavy atom. The minimum atomic E-state index is 0.0195. The Morgan fingerprint density at radius 1 is 1.16 bits per heavy atom. The number of fused-ring (bicyclic) bond motifs is 1. The van der Waals surface area contributed by atoms with E-state index in [1.807, 2.05) is 31.2 Å². The van der Waals surface area contributed by atoms with E-state index in [2.05, 4.69) is 30.1 Å². The highest BCUT2D eigenvalue weighted by molar-refractivity contribution is 6.24. The Hall–Kier alpha value is -2.42. The molecule has 130 valence electrons. The molecule has 3 heteroatoms. The second-order valence-electron chi connectivity index (χ2n) is 6.75. The fourth-order valence-corrected chi connectivity index (χ4v) is 3.36. The molecular formula is C22H25NO2. The Balaban J connectivity index is 2.01. The molecule has 25 heavy (non-hydrogen) atoms. The van der Waals surface area contributed by atoms with E-state index < -0.39 is 0 Å². The lowest BCUT2D eigenvalue weighted by molar-refractivity contribution is -0.115. The second kappa shape index (κ2) is 7.64. The molecule has 1 fully saturated rings. The maximum absolute atomic E-state index is 12.5. The van der Waals surface area contributed by atoms with Gasteiger partial charge in [-0.05, 0) is 42.5 Å². The molecule has 1 N–H and O–H groups in total. The standard InChI is InChI=1S/C22H25NO2/c1-3-15(2)23-19-12-7-13-20(24)22(19)21(25)14-17-10-6-9-16-8-4-5-11-18(16)17/h4-6,8-11,15,25H,3,7,12-14H2,1-2H3/b22-21-,23-19?.